The molecular weight excluding hydrogens is 481 g/mol. The minimum Gasteiger partial charge on any atom is -0.335 e. The van der Waals surface area contributed by atoms with E-state index in [0.29, 0.717) is 42.4 Å². The van der Waals surface area contributed by atoms with Crippen molar-refractivity contribution in [1.29, 1.82) is 0 Å². The van der Waals surface area contributed by atoms with Gasteiger partial charge in [0.15, 0.2) is 5.13 Å². The summed E-state index contributed by atoms with van der Waals surface area (Å²) in [6.45, 7) is 1.36. The number of para-hydroxylation sites is 2. The molecule has 36 heavy (non-hydrogen) atoms. The van der Waals surface area contributed by atoms with E-state index in [9.17, 15) is 18.8 Å². The molecule has 1 aliphatic heterocycles. The fraction of sp³-hybridized carbons (Fsp3) is 0.154. The summed E-state index contributed by atoms with van der Waals surface area (Å²) in [4.78, 5) is 45.6. The summed E-state index contributed by atoms with van der Waals surface area (Å²) in [5, 5.41) is 5.88. The zero-order valence-electron chi connectivity index (χ0n) is 19.1. The number of carbonyl (C=O) groups is 3. The summed E-state index contributed by atoms with van der Waals surface area (Å²) in [6.07, 6.45) is 0. The van der Waals surface area contributed by atoms with Crippen LogP contribution in [0.4, 0.5) is 20.0 Å². The van der Waals surface area contributed by atoms with Gasteiger partial charge in [0.2, 0.25) is 0 Å². The molecule has 0 aliphatic carbocycles. The molecular formula is C26H22FN5O3S. The van der Waals surface area contributed by atoms with Crippen LogP contribution in [0.1, 0.15) is 20.7 Å². The van der Waals surface area contributed by atoms with Gasteiger partial charge in [-0.3, -0.25) is 14.9 Å². The number of benzene rings is 3. The molecule has 8 nitrogen and oxygen atoms in total. The van der Waals surface area contributed by atoms with Gasteiger partial charge in [-0.05, 0) is 48.5 Å². The lowest BCUT2D eigenvalue weighted by Crippen LogP contribution is -2.51. The molecule has 182 valence electrons. The van der Waals surface area contributed by atoms with E-state index in [1.807, 2.05) is 24.3 Å². The van der Waals surface area contributed by atoms with Crippen LogP contribution in [0.3, 0.4) is 0 Å². The molecule has 0 unspecified atom stereocenters. The third kappa shape index (κ3) is 5.03. The van der Waals surface area contributed by atoms with E-state index in [1.54, 1.807) is 46.2 Å². The predicted molar refractivity (Wildman–Crippen MR) is 137 cm³/mol. The number of carbonyl (C=O) groups excluding carboxylic acids is 3. The summed E-state index contributed by atoms with van der Waals surface area (Å²) in [5.41, 5.74) is 1.81. The Bertz CT molecular complexity index is 1400. The highest BCUT2D eigenvalue weighted by molar-refractivity contribution is 7.22. The first-order valence-corrected chi connectivity index (χ1v) is 12.2. The first kappa shape index (κ1) is 23.4. The molecule has 0 radical (unpaired) electrons. The van der Waals surface area contributed by atoms with Crippen molar-refractivity contribution < 1.29 is 18.8 Å². The minimum atomic E-state index is -0.503. The lowest BCUT2D eigenvalue weighted by molar-refractivity contribution is 0.0671. The largest absolute Gasteiger partial charge is 0.335 e. The molecule has 0 spiro atoms. The van der Waals surface area contributed by atoms with E-state index in [-0.39, 0.29) is 17.5 Å². The first-order chi connectivity index (χ1) is 17.5. The number of aromatic nitrogens is 1. The van der Waals surface area contributed by atoms with Gasteiger partial charge in [0.05, 0.1) is 15.9 Å². The number of rotatable bonds is 4. The van der Waals surface area contributed by atoms with Gasteiger partial charge in [0.25, 0.3) is 11.8 Å². The fourth-order valence-corrected chi connectivity index (χ4v) is 4.77. The van der Waals surface area contributed by atoms with Crippen LogP contribution in [-0.4, -0.2) is 58.8 Å². The SMILES string of the molecule is O=C(Nc1nc2ccccc2s1)c1ccc(C(=O)N2CCN(C(=O)Nc3ccccc3F)CC2)cc1. The Morgan fingerprint density at radius 1 is 0.778 bits per heavy atom. The number of urea groups is 1. The quantitative estimate of drug-likeness (QED) is 0.423. The van der Waals surface area contributed by atoms with Gasteiger partial charge in [-0.25, -0.2) is 14.2 Å². The van der Waals surface area contributed by atoms with E-state index in [1.165, 1.54) is 23.5 Å². The first-order valence-electron chi connectivity index (χ1n) is 11.3. The average Bonchev–Trinajstić information content (AvgIpc) is 3.32. The average molecular weight is 504 g/mol. The molecule has 4 aromatic rings. The molecule has 1 saturated heterocycles. The Labute approximate surface area is 210 Å². The van der Waals surface area contributed by atoms with Gasteiger partial charge < -0.3 is 15.1 Å². The Morgan fingerprint density at radius 2 is 1.42 bits per heavy atom. The Morgan fingerprint density at radius 3 is 2.14 bits per heavy atom. The van der Waals surface area contributed by atoms with E-state index < -0.39 is 11.8 Å². The molecule has 2 N–H and O–H groups in total. The minimum absolute atomic E-state index is 0.119. The van der Waals surface area contributed by atoms with Crippen molar-refractivity contribution in [1.82, 2.24) is 14.8 Å². The molecule has 1 fully saturated rings. The van der Waals surface area contributed by atoms with E-state index in [0.717, 1.165) is 10.2 Å². The summed E-state index contributed by atoms with van der Waals surface area (Å²) >= 11 is 1.40. The molecule has 5 rings (SSSR count). The van der Waals surface area contributed by atoms with E-state index in [2.05, 4.69) is 15.6 Å². The molecule has 10 heteroatoms. The lowest BCUT2D eigenvalue weighted by Gasteiger charge is -2.34. The molecule has 0 atom stereocenters. The molecule has 1 aliphatic rings. The van der Waals surface area contributed by atoms with Crippen molar-refractivity contribution in [2.75, 3.05) is 36.8 Å². The van der Waals surface area contributed by atoms with Crippen molar-refractivity contribution >= 4 is 50.2 Å². The lowest BCUT2D eigenvalue weighted by atomic mass is 10.1. The zero-order chi connectivity index (χ0) is 25.1. The number of nitrogens with zero attached hydrogens (tertiary/aromatic N) is 3. The third-order valence-corrected chi connectivity index (χ3v) is 6.83. The van der Waals surface area contributed by atoms with E-state index >= 15 is 0 Å². The summed E-state index contributed by atoms with van der Waals surface area (Å²) in [5.74, 6) is -0.985. The second kappa shape index (κ2) is 10.1. The van der Waals surface area contributed by atoms with Gasteiger partial charge in [-0.1, -0.05) is 35.6 Å². The second-order valence-corrected chi connectivity index (χ2v) is 9.24. The maximum Gasteiger partial charge on any atom is 0.322 e. The van der Waals surface area contributed by atoms with E-state index in [4.69, 9.17) is 0 Å². The highest BCUT2D eigenvalue weighted by Gasteiger charge is 2.25. The highest BCUT2D eigenvalue weighted by atomic mass is 32.1. The monoisotopic (exact) mass is 503 g/mol. The topological polar surface area (TPSA) is 94.6 Å². The Kier molecular flexibility index (Phi) is 6.59. The molecule has 0 bridgehead atoms. The number of anilines is 2. The molecule has 2 heterocycles. The number of amides is 4. The highest BCUT2D eigenvalue weighted by Crippen LogP contribution is 2.26. The van der Waals surface area contributed by atoms with Crippen molar-refractivity contribution in [3.63, 3.8) is 0 Å². The number of hydrogen-bond donors (Lipinski definition) is 2. The number of thiazole rings is 1. The van der Waals surface area contributed by atoms with Crippen LogP contribution in [0.15, 0.2) is 72.8 Å². The van der Waals surface area contributed by atoms with Crippen LogP contribution in [-0.2, 0) is 0 Å². The number of fused-ring (bicyclic) bond motifs is 1. The number of nitrogens with one attached hydrogen (secondary N) is 2. The summed E-state index contributed by atoms with van der Waals surface area (Å²) in [7, 11) is 0. The zero-order valence-corrected chi connectivity index (χ0v) is 19.9. The van der Waals surface area contributed by atoms with Crippen molar-refractivity contribution in [3.8, 4) is 0 Å². The van der Waals surface area contributed by atoms with Gasteiger partial charge in [0.1, 0.15) is 5.82 Å². The molecule has 3 aromatic carbocycles. The number of piperazine rings is 1. The van der Waals surface area contributed by atoms with Crippen LogP contribution in [0.5, 0.6) is 0 Å². The molecule has 0 saturated carbocycles. The molecule has 4 amide bonds. The number of halogens is 1. The maximum absolute atomic E-state index is 13.8. The fourth-order valence-electron chi connectivity index (χ4n) is 3.91. The van der Waals surface area contributed by atoms with Crippen LogP contribution in [0, 0.1) is 5.82 Å². The predicted octanol–water partition coefficient (Wildman–Crippen LogP) is 4.68. The van der Waals surface area contributed by atoms with Crippen LogP contribution in [0.2, 0.25) is 0 Å². The molecule has 1 aromatic heterocycles. The smallest absolute Gasteiger partial charge is 0.322 e. The summed E-state index contributed by atoms with van der Waals surface area (Å²) < 4.78 is 14.8. The van der Waals surface area contributed by atoms with Crippen LogP contribution < -0.4 is 10.6 Å². The standard InChI is InChI=1S/C26H22FN5O3S/c27-19-5-1-2-6-20(19)29-26(35)32-15-13-31(14-16-32)24(34)18-11-9-17(10-12-18)23(33)30-25-28-21-7-3-4-8-22(21)36-25/h1-12H,13-16H2,(H,29,35)(H,28,30,33). The maximum atomic E-state index is 13.8. The Hall–Kier alpha value is -4.31. The van der Waals surface area contributed by atoms with Gasteiger partial charge in [-0.2, -0.15) is 0 Å². The number of hydrogen-bond acceptors (Lipinski definition) is 5. The van der Waals surface area contributed by atoms with Crippen LogP contribution in [0.25, 0.3) is 10.2 Å². The second-order valence-electron chi connectivity index (χ2n) is 8.21. The van der Waals surface area contributed by atoms with Gasteiger partial charge in [0, 0.05) is 37.3 Å². The van der Waals surface area contributed by atoms with Crippen LogP contribution >= 0.6 is 11.3 Å². The summed E-state index contributed by atoms with van der Waals surface area (Å²) in [6, 6.07) is 19.7. The van der Waals surface area contributed by atoms with Crippen molar-refractivity contribution in [3.05, 3.63) is 89.7 Å². The normalized spacial score (nSPS) is 13.5. The van der Waals surface area contributed by atoms with Gasteiger partial charge >= 0.3 is 6.03 Å². The van der Waals surface area contributed by atoms with Crippen molar-refractivity contribution in [2.45, 2.75) is 0 Å². The third-order valence-electron chi connectivity index (χ3n) is 5.88. The van der Waals surface area contributed by atoms with Gasteiger partial charge in [-0.15, -0.1) is 0 Å². The Balaban J connectivity index is 1.15. The van der Waals surface area contributed by atoms with Crippen molar-refractivity contribution in [2.24, 2.45) is 0 Å².